The number of halogens is 2. The number of fused-ring (bicyclic) bond motifs is 1. The summed E-state index contributed by atoms with van der Waals surface area (Å²) < 4.78 is 0.884. The summed E-state index contributed by atoms with van der Waals surface area (Å²) in [5, 5.41) is 3.87. The van der Waals surface area contributed by atoms with E-state index in [4.69, 9.17) is 16.6 Å². The molecular formula is C15H15BrClN3. The van der Waals surface area contributed by atoms with Gasteiger partial charge in [0.05, 0.1) is 5.02 Å². The molecule has 2 aromatic rings. The van der Waals surface area contributed by atoms with Crippen molar-refractivity contribution in [1.82, 2.24) is 9.97 Å². The maximum Gasteiger partial charge on any atom is 0.161 e. The molecular weight excluding hydrogens is 338 g/mol. The van der Waals surface area contributed by atoms with Crippen LogP contribution in [0.1, 0.15) is 24.1 Å². The van der Waals surface area contributed by atoms with E-state index >= 15 is 0 Å². The van der Waals surface area contributed by atoms with Crippen LogP contribution < -0.4 is 5.32 Å². The number of hydrogen-bond acceptors (Lipinski definition) is 3. The molecule has 20 heavy (non-hydrogen) atoms. The molecule has 5 heteroatoms. The summed E-state index contributed by atoms with van der Waals surface area (Å²) >= 11 is 9.57. The van der Waals surface area contributed by atoms with Crippen LogP contribution in [0.15, 0.2) is 22.7 Å². The first-order valence-electron chi connectivity index (χ1n) is 6.72. The summed E-state index contributed by atoms with van der Waals surface area (Å²) in [6.45, 7) is 0. The highest BCUT2D eigenvalue weighted by atomic mass is 79.9. The molecule has 1 aromatic carbocycles. The van der Waals surface area contributed by atoms with Gasteiger partial charge in [0.15, 0.2) is 5.82 Å². The van der Waals surface area contributed by atoms with Gasteiger partial charge in [-0.05, 0) is 59.8 Å². The molecule has 104 valence electrons. The number of anilines is 1. The van der Waals surface area contributed by atoms with Crippen LogP contribution in [0.3, 0.4) is 0 Å². The van der Waals surface area contributed by atoms with Crippen LogP contribution in [0.2, 0.25) is 5.02 Å². The predicted octanol–water partition coefficient (Wildman–Crippen LogP) is 4.48. The lowest BCUT2D eigenvalue weighted by Crippen LogP contribution is -2.11. The summed E-state index contributed by atoms with van der Waals surface area (Å²) in [5.74, 6) is 1.69. The molecule has 0 saturated heterocycles. The van der Waals surface area contributed by atoms with Crippen molar-refractivity contribution < 1.29 is 0 Å². The Kier molecular flexibility index (Phi) is 3.94. The van der Waals surface area contributed by atoms with Crippen molar-refractivity contribution >= 4 is 33.3 Å². The normalized spacial score (nSPS) is 13.9. The van der Waals surface area contributed by atoms with Crippen molar-refractivity contribution in [1.29, 1.82) is 0 Å². The predicted molar refractivity (Wildman–Crippen MR) is 86.4 cm³/mol. The van der Waals surface area contributed by atoms with Gasteiger partial charge in [0.1, 0.15) is 5.82 Å². The number of benzene rings is 1. The van der Waals surface area contributed by atoms with Crippen molar-refractivity contribution in [2.24, 2.45) is 0 Å². The van der Waals surface area contributed by atoms with Crippen LogP contribution in [0, 0.1) is 0 Å². The third-order valence-electron chi connectivity index (χ3n) is 3.60. The van der Waals surface area contributed by atoms with Gasteiger partial charge in [0.2, 0.25) is 0 Å². The number of nitrogens with zero attached hydrogens (tertiary/aromatic N) is 2. The number of aryl methyl sites for hydroxylation is 1. The van der Waals surface area contributed by atoms with Crippen LogP contribution >= 0.6 is 27.5 Å². The van der Waals surface area contributed by atoms with Crippen molar-refractivity contribution in [3.63, 3.8) is 0 Å². The maximum absolute atomic E-state index is 6.16. The Hall–Kier alpha value is -1.13. The molecule has 1 aromatic heterocycles. The number of nitrogens with one attached hydrogen (secondary N) is 1. The maximum atomic E-state index is 6.16. The monoisotopic (exact) mass is 351 g/mol. The van der Waals surface area contributed by atoms with E-state index in [1.807, 2.05) is 25.2 Å². The number of rotatable bonds is 2. The van der Waals surface area contributed by atoms with E-state index in [1.54, 1.807) is 0 Å². The first-order valence-corrected chi connectivity index (χ1v) is 7.89. The van der Waals surface area contributed by atoms with Gasteiger partial charge in [-0.3, -0.25) is 0 Å². The summed E-state index contributed by atoms with van der Waals surface area (Å²) in [4.78, 5) is 9.39. The number of aromatic nitrogens is 2. The van der Waals surface area contributed by atoms with E-state index in [-0.39, 0.29) is 0 Å². The molecule has 0 spiro atoms. The zero-order chi connectivity index (χ0) is 14.1. The van der Waals surface area contributed by atoms with Gasteiger partial charge in [0, 0.05) is 28.3 Å². The molecule has 0 fully saturated rings. The second-order valence-corrected chi connectivity index (χ2v) is 6.17. The Bertz CT molecular complexity index is 641. The van der Waals surface area contributed by atoms with E-state index < -0.39 is 0 Å². The van der Waals surface area contributed by atoms with Crippen molar-refractivity contribution in [2.75, 3.05) is 12.4 Å². The van der Waals surface area contributed by atoms with Crippen LogP contribution in [-0.4, -0.2) is 17.0 Å². The third kappa shape index (κ3) is 2.54. The average molecular weight is 353 g/mol. The Morgan fingerprint density at radius 2 is 2.00 bits per heavy atom. The summed E-state index contributed by atoms with van der Waals surface area (Å²) in [7, 11) is 1.91. The van der Waals surface area contributed by atoms with Gasteiger partial charge in [-0.1, -0.05) is 11.6 Å². The first kappa shape index (κ1) is 13.8. The largest absolute Gasteiger partial charge is 0.373 e. The second-order valence-electron chi connectivity index (χ2n) is 4.91. The fourth-order valence-corrected chi connectivity index (χ4v) is 2.99. The lowest BCUT2D eigenvalue weighted by Gasteiger charge is -2.19. The van der Waals surface area contributed by atoms with E-state index in [2.05, 4.69) is 26.2 Å². The summed E-state index contributed by atoms with van der Waals surface area (Å²) in [6.07, 6.45) is 4.51. The zero-order valence-electron chi connectivity index (χ0n) is 11.2. The zero-order valence-corrected chi connectivity index (χ0v) is 13.6. The Labute approximate surface area is 131 Å². The fourth-order valence-electron chi connectivity index (χ4n) is 2.57. The highest BCUT2D eigenvalue weighted by molar-refractivity contribution is 9.10. The van der Waals surface area contributed by atoms with Crippen molar-refractivity contribution in [2.45, 2.75) is 25.7 Å². The number of hydrogen-bond donors (Lipinski definition) is 1. The molecule has 0 amide bonds. The van der Waals surface area contributed by atoms with E-state index in [9.17, 15) is 0 Å². The lowest BCUT2D eigenvalue weighted by atomic mass is 9.96. The van der Waals surface area contributed by atoms with Gasteiger partial charge in [-0.25, -0.2) is 9.97 Å². The highest BCUT2D eigenvalue weighted by Crippen LogP contribution is 2.31. The molecule has 1 aliphatic rings. The molecule has 1 heterocycles. The Morgan fingerprint density at radius 1 is 1.20 bits per heavy atom. The second kappa shape index (κ2) is 5.70. The van der Waals surface area contributed by atoms with Crippen LogP contribution in [-0.2, 0) is 12.8 Å². The molecule has 1 N–H and O–H groups in total. The smallest absolute Gasteiger partial charge is 0.161 e. The molecule has 0 unspecified atom stereocenters. The molecule has 1 aliphatic carbocycles. The quantitative estimate of drug-likeness (QED) is 0.866. The Morgan fingerprint density at radius 3 is 2.75 bits per heavy atom. The minimum Gasteiger partial charge on any atom is -0.373 e. The molecule has 0 radical (unpaired) electrons. The SMILES string of the molecule is CNc1nc(-c2ccc(Br)c(Cl)c2)nc2c1CCCC2. The van der Waals surface area contributed by atoms with Crippen LogP contribution in [0.5, 0.6) is 0 Å². The Balaban J connectivity index is 2.11. The van der Waals surface area contributed by atoms with Gasteiger partial charge < -0.3 is 5.32 Å². The molecule has 0 saturated carbocycles. The van der Waals surface area contributed by atoms with Crippen LogP contribution in [0.25, 0.3) is 11.4 Å². The summed E-state index contributed by atoms with van der Waals surface area (Å²) in [5.41, 5.74) is 3.39. The van der Waals surface area contributed by atoms with E-state index in [1.165, 1.54) is 24.1 Å². The molecule has 3 rings (SSSR count). The highest BCUT2D eigenvalue weighted by Gasteiger charge is 2.18. The fraction of sp³-hybridized carbons (Fsp3) is 0.333. The van der Waals surface area contributed by atoms with Crippen molar-refractivity contribution in [3.8, 4) is 11.4 Å². The van der Waals surface area contributed by atoms with Gasteiger partial charge in [-0.15, -0.1) is 0 Å². The molecule has 3 nitrogen and oxygen atoms in total. The minimum atomic E-state index is 0.676. The van der Waals surface area contributed by atoms with Crippen LogP contribution in [0.4, 0.5) is 5.82 Å². The molecule has 0 bridgehead atoms. The standard InChI is InChI=1S/C15H15BrClN3/c1-18-15-10-4-2-3-5-13(10)19-14(20-15)9-6-7-11(16)12(17)8-9/h6-8H,2-5H2,1H3,(H,18,19,20). The summed E-state index contributed by atoms with van der Waals surface area (Å²) in [6, 6.07) is 5.81. The van der Waals surface area contributed by atoms with Crippen molar-refractivity contribution in [3.05, 3.63) is 39.0 Å². The molecule has 0 aliphatic heterocycles. The van der Waals surface area contributed by atoms with Gasteiger partial charge in [-0.2, -0.15) is 0 Å². The third-order valence-corrected chi connectivity index (χ3v) is 4.83. The van der Waals surface area contributed by atoms with E-state index in [0.29, 0.717) is 5.02 Å². The molecule has 0 atom stereocenters. The first-order chi connectivity index (χ1) is 9.69. The minimum absolute atomic E-state index is 0.676. The topological polar surface area (TPSA) is 37.8 Å². The van der Waals surface area contributed by atoms with E-state index in [0.717, 1.165) is 34.5 Å². The van der Waals surface area contributed by atoms with Gasteiger partial charge >= 0.3 is 0 Å². The van der Waals surface area contributed by atoms with Gasteiger partial charge in [0.25, 0.3) is 0 Å². The average Bonchev–Trinajstić information content (AvgIpc) is 2.49. The lowest BCUT2D eigenvalue weighted by molar-refractivity contribution is 0.665.